The molecular weight excluding hydrogens is 312 g/mol. The highest BCUT2D eigenvalue weighted by atomic mass is 16.3. The van der Waals surface area contributed by atoms with E-state index in [-0.39, 0.29) is 11.8 Å². The first-order valence-electron chi connectivity index (χ1n) is 9.25. The number of hydrogen-bond donors (Lipinski definition) is 0. The Bertz CT molecular complexity index is 698. The summed E-state index contributed by atoms with van der Waals surface area (Å²) in [7, 11) is 1.96. The molecule has 1 aromatic carbocycles. The summed E-state index contributed by atoms with van der Waals surface area (Å²) in [4.78, 5) is 17.1. The van der Waals surface area contributed by atoms with Gasteiger partial charge in [-0.15, -0.1) is 0 Å². The number of amides is 1. The lowest BCUT2D eigenvalue weighted by molar-refractivity contribution is -0.131. The summed E-state index contributed by atoms with van der Waals surface area (Å²) >= 11 is 0. The minimum atomic E-state index is 0.123. The molecule has 4 nitrogen and oxygen atoms in total. The molecule has 1 saturated heterocycles. The molecule has 3 atom stereocenters. The van der Waals surface area contributed by atoms with Crippen LogP contribution in [0.4, 0.5) is 0 Å². The molecule has 2 heterocycles. The Labute approximate surface area is 149 Å². The van der Waals surface area contributed by atoms with Gasteiger partial charge < -0.3 is 9.32 Å². The quantitative estimate of drug-likeness (QED) is 0.810. The van der Waals surface area contributed by atoms with Crippen LogP contribution in [-0.4, -0.2) is 42.4 Å². The maximum Gasteiger partial charge on any atom is 0.226 e. The van der Waals surface area contributed by atoms with Crippen LogP contribution in [0.3, 0.4) is 0 Å². The Kier molecular flexibility index (Phi) is 4.62. The zero-order valence-electron chi connectivity index (χ0n) is 14.8. The van der Waals surface area contributed by atoms with Gasteiger partial charge in [-0.25, -0.2) is 0 Å². The van der Waals surface area contributed by atoms with Crippen LogP contribution >= 0.6 is 0 Å². The van der Waals surface area contributed by atoms with Gasteiger partial charge in [0.2, 0.25) is 5.91 Å². The number of likely N-dealkylation sites (tertiary alicyclic amines) is 1. The molecule has 0 bridgehead atoms. The lowest BCUT2D eigenvalue weighted by atomic mass is 10.1. The molecule has 2 fully saturated rings. The van der Waals surface area contributed by atoms with Crippen molar-refractivity contribution in [1.82, 2.24) is 9.80 Å². The lowest BCUT2D eigenvalue weighted by Gasteiger charge is -2.22. The van der Waals surface area contributed by atoms with E-state index in [1.165, 1.54) is 12.0 Å². The fraction of sp³-hybridized carbons (Fsp3) is 0.476. The van der Waals surface area contributed by atoms with Gasteiger partial charge in [0.05, 0.1) is 6.26 Å². The molecule has 1 amide bonds. The number of furan rings is 1. The van der Waals surface area contributed by atoms with E-state index in [0.717, 1.165) is 38.4 Å². The van der Waals surface area contributed by atoms with E-state index in [2.05, 4.69) is 35.2 Å². The van der Waals surface area contributed by atoms with Gasteiger partial charge in [-0.3, -0.25) is 9.69 Å². The summed E-state index contributed by atoms with van der Waals surface area (Å²) < 4.78 is 5.44. The Hall–Kier alpha value is -2.07. The van der Waals surface area contributed by atoms with Gasteiger partial charge in [-0.1, -0.05) is 30.3 Å². The monoisotopic (exact) mass is 338 g/mol. The molecule has 3 unspecified atom stereocenters. The third-order valence-electron chi connectivity index (χ3n) is 5.54. The predicted octanol–water partition coefficient (Wildman–Crippen LogP) is 3.36. The van der Waals surface area contributed by atoms with E-state index >= 15 is 0 Å². The van der Waals surface area contributed by atoms with Crippen molar-refractivity contribution in [1.29, 1.82) is 0 Å². The third kappa shape index (κ3) is 3.79. The fourth-order valence-corrected chi connectivity index (χ4v) is 4.09. The molecule has 2 aromatic rings. The number of hydrogen-bond acceptors (Lipinski definition) is 3. The first kappa shape index (κ1) is 16.4. The van der Waals surface area contributed by atoms with E-state index in [1.807, 2.05) is 24.1 Å². The van der Waals surface area contributed by atoms with Gasteiger partial charge in [-0.2, -0.15) is 0 Å². The molecule has 0 radical (unpaired) electrons. The van der Waals surface area contributed by atoms with Gasteiger partial charge in [0.25, 0.3) is 0 Å². The van der Waals surface area contributed by atoms with E-state index in [4.69, 9.17) is 4.42 Å². The second kappa shape index (κ2) is 7.04. The molecule has 1 aliphatic carbocycles. The summed E-state index contributed by atoms with van der Waals surface area (Å²) in [5.74, 6) is 2.24. The van der Waals surface area contributed by atoms with Gasteiger partial charge in [0.1, 0.15) is 5.76 Å². The average molecular weight is 338 g/mol. The predicted molar refractivity (Wildman–Crippen MR) is 97.0 cm³/mol. The van der Waals surface area contributed by atoms with Crippen molar-refractivity contribution in [3.63, 3.8) is 0 Å². The highest BCUT2D eigenvalue weighted by Crippen LogP contribution is 2.48. The normalized spacial score (nSPS) is 25.9. The lowest BCUT2D eigenvalue weighted by Crippen LogP contribution is -2.34. The van der Waals surface area contributed by atoms with Crippen molar-refractivity contribution in [3.8, 4) is 0 Å². The summed E-state index contributed by atoms with van der Waals surface area (Å²) in [5.41, 5.74) is 1.37. The van der Waals surface area contributed by atoms with E-state index < -0.39 is 0 Å². The van der Waals surface area contributed by atoms with Crippen LogP contribution in [-0.2, 0) is 11.3 Å². The van der Waals surface area contributed by atoms with Crippen molar-refractivity contribution in [2.45, 2.75) is 25.3 Å². The van der Waals surface area contributed by atoms with Crippen LogP contribution in [0.15, 0.2) is 53.1 Å². The van der Waals surface area contributed by atoms with Gasteiger partial charge in [0.15, 0.2) is 0 Å². The number of carbonyl (C=O) groups excluding carboxylic acids is 1. The molecule has 1 aliphatic heterocycles. The first-order valence-corrected chi connectivity index (χ1v) is 9.25. The number of benzene rings is 1. The van der Waals surface area contributed by atoms with Gasteiger partial charge in [-0.05, 0) is 43.0 Å². The van der Waals surface area contributed by atoms with Crippen LogP contribution in [0, 0.1) is 11.8 Å². The molecule has 1 aromatic heterocycles. The summed E-state index contributed by atoms with van der Waals surface area (Å²) in [6, 6.07) is 14.5. The highest BCUT2D eigenvalue weighted by molar-refractivity contribution is 5.82. The Morgan fingerprint density at radius 3 is 2.84 bits per heavy atom. The van der Waals surface area contributed by atoms with E-state index in [9.17, 15) is 4.79 Å². The Balaban J connectivity index is 1.25. The van der Waals surface area contributed by atoms with Crippen LogP contribution in [0.2, 0.25) is 0 Å². The van der Waals surface area contributed by atoms with E-state index in [0.29, 0.717) is 11.8 Å². The molecule has 2 aliphatic rings. The maximum atomic E-state index is 12.6. The van der Waals surface area contributed by atoms with Crippen LogP contribution in [0.25, 0.3) is 0 Å². The molecule has 4 heteroatoms. The molecular formula is C21H26N2O2. The molecule has 1 saturated carbocycles. The van der Waals surface area contributed by atoms with Crippen LogP contribution in [0.5, 0.6) is 0 Å². The second-order valence-corrected chi connectivity index (χ2v) is 7.56. The third-order valence-corrected chi connectivity index (χ3v) is 5.54. The largest absolute Gasteiger partial charge is 0.469 e. The minimum Gasteiger partial charge on any atom is -0.469 e. The van der Waals surface area contributed by atoms with E-state index in [1.54, 1.807) is 6.26 Å². The highest BCUT2D eigenvalue weighted by Gasteiger charge is 2.47. The number of rotatable bonds is 6. The summed E-state index contributed by atoms with van der Waals surface area (Å²) in [6.07, 6.45) is 3.80. The summed E-state index contributed by atoms with van der Waals surface area (Å²) in [6.45, 7) is 4.09. The second-order valence-electron chi connectivity index (χ2n) is 7.56. The molecule has 0 spiro atoms. The minimum absolute atomic E-state index is 0.123. The standard InChI is InChI=1S/C21H26N2O2/c1-22(21(24)19-12-18(19)20-8-5-11-25-20)13-17-9-10-23(15-17)14-16-6-3-2-4-7-16/h2-8,11,17-19H,9-10,12-15H2,1H3. The molecule has 132 valence electrons. The smallest absolute Gasteiger partial charge is 0.226 e. The van der Waals surface area contributed by atoms with Crippen molar-refractivity contribution >= 4 is 5.91 Å². The zero-order valence-corrected chi connectivity index (χ0v) is 14.8. The topological polar surface area (TPSA) is 36.7 Å². The fourth-order valence-electron chi connectivity index (χ4n) is 4.09. The Morgan fingerprint density at radius 1 is 1.24 bits per heavy atom. The molecule has 25 heavy (non-hydrogen) atoms. The van der Waals surface area contributed by atoms with Gasteiger partial charge >= 0.3 is 0 Å². The van der Waals surface area contributed by atoms with Crippen molar-refractivity contribution in [3.05, 3.63) is 60.1 Å². The van der Waals surface area contributed by atoms with Crippen molar-refractivity contribution in [2.75, 3.05) is 26.7 Å². The zero-order chi connectivity index (χ0) is 17.2. The average Bonchev–Trinajstić information content (AvgIpc) is 3.02. The maximum absolute atomic E-state index is 12.6. The number of carbonyl (C=O) groups is 1. The summed E-state index contributed by atoms with van der Waals surface area (Å²) in [5, 5.41) is 0. The van der Waals surface area contributed by atoms with Crippen LogP contribution in [0.1, 0.15) is 30.1 Å². The van der Waals surface area contributed by atoms with Crippen molar-refractivity contribution < 1.29 is 9.21 Å². The molecule has 4 rings (SSSR count). The number of nitrogens with zero attached hydrogens (tertiary/aromatic N) is 2. The van der Waals surface area contributed by atoms with Crippen molar-refractivity contribution in [2.24, 2.45) is 11.8 Å². The van der Waals surface area contributed by atoms with Crippen LogP contribution < -0.4 is 0 Å². The SMILES string of the molecule is CN(CC1CCN(Cc2ccccc2)C1)C(=O)C1CC1c1ccco1. The molecule has 0 N–H and O–H groups in total. The van der Waals surface area contributed by atoms with Gasteiger partial charge in [0, 0.05) is 38.5 Å². The first-order chi connectivity index (χ1) is 12.2. The Morgan fingerprint density at radius 2 is 2.08 bits per heavy atom.